The predicted molar refractivity (Wildman–Crippen MR) is 95.1 cm³/mol. The Bertz CT molecular complexity index is 816. The maximum atomic E-state index is 12.1. The number of benzene rings is 2. The van der Waals surface area contributed by atoms with E-state index in [1.54, 1.807) is 12.1 Å². The van der Waals surface area contributed by atoms with Crippen LogP contribution in [0.15, 0.2) is 48.5 Å². The Morgan fingerprint density at radius 3 is 2.40 bits per heavy atom. The normalized spacial score (nSPS) is 11.1. The minimum absolute atomic E-state index is 0.168. The van der Waals surface area contributed by atoms with Crippen LogP contribution in [0.5, 0.6) is 5.75 Å². The highest BCUT2D eigenvalue weighted by Gasteiger charge is 2.12. The van der Waals surface area contributed by atoms with Gasteiger partial charge in [0.25, 0.3) is 0 Å². The number of hydrogen-bond acceptors (Lipinski definition) is 5. The first-order chi connectivity index (χ1) is 11.9. The van der Waals surface area contributed by atoms with Crippen molar-refractivity contribution in [2.75, 3.05) is 20.3 Å². The number of aryl methyl sites for hydroxylation is 1. The number of nitrogens with one attached hydrogen (secondary N) is 1. The quantitative estimate of drug-likeness (QED) is 0.575. The van der Waals surface area contributed by atoms with Gasteiger partial charge in [-0.1, -0.05) is 30.3 Å². The van der Waals surface area contributed by atoms with Crippen molar-refractivity contribution in [2.45, 2.75) is 12.7 Å². The molecular weight excluding hydrogens is 342 g/mol. The maximum absolute atomic E-state index is 12.1. The standard InChI is InChI=1S/C18H21NO5S/c1-14-5-3-4-6-17(14)24-12-11-19-25(21,22)13-15-7-9-16(10-8-15)18(20)23-2/h3-10,19H,11-13H2,1-2H3. The van der Waals surface area contributed by atoms with Crippen LogP contribution in [0.2, 0.25) is 0 Å². The third-order valence-electron chi connectivity index (χ3n) is 3.51. The molecule has 25 heavy (non-hydrogen) atoms. The molecule has 0 amide bonds. The van der Waals surface area contributed by atoms with E-state index in [-0.39, 0.29) is 18.9 Å². The highest BCUT2D eigenvalue weighted by molar-refractivity contribution is 7.88. The second kappa shape index (κ2) is 8.64. The van der Waals surface area contributed by atoms with Crippen LogP contribution >= 0.6 is 0 Å². The van der Waals surface area contributed by atoms with Crippen LogP contribution in [-0.4, -0.2) is 34.6 Å². The number of carbonyl (C=O) groups excluding carboxylic acids is 1. The van der Waals surface area contributed by atoms with Gasteiger partial charge in [0.2, 0.25) is 10.0 Å². The van der Waals surface area contributed by atoms with E-state index in [4.69, 9.17) is 4.74 Å². The summed E-state index contributed by atoms with van der Waals surface area (Å²) in [5, 5.41) is 0. The third kappa shape index (κ3) is 5.88. The second-order valence-electron chi connectivity index (χ2n) is 5.46. The van der Waals surface area contributed by atoms with Gasteiger partial charge in [0.1, 0.15) is 12.4 Å². The molecule has 0 saturated carbocycles. The zero-order valence-electron chi connectivity index (χ0n) is 14.2. The number of methoxy groups -OCH3 is 1. The lowest BCUT2D eigenvalue weighted by molar-refractivity contribution is 0.0600. The van der Waals surface area contributed by atoms with Crippen LogP contribution in [0.4, 0.5) is 0 Å². The molecule has 0 aliphatic rings. The molecule has 0 radical (unpaired) electrons. The van der Waals surface area contributed by atoms with E-state index < -0.39 is 16.0 Å². The molecule has 0 aliphatic heterocycles. The summed E-state index contributed by atoms with van der Waals surface area (Å²) < 4.78 is 36.9. The van der Waals surface area contributed by atoms with Gasteiger partial charge in [-0.15, -0.1) is 0 Å². The average molecular weight is 363 g/mol. The Labute approximate surface area is 147 Å². The van der Waals surface area contributed by atoms with E-state index in [2.05, 4.69) is 9.46 Å². The van der Waals surface area contributed by atoms with Gasteiger partial charge in [-0.2, -0.15) is 0 Å². The van der Waals surface area contributed by atoms with Crippen LogP contribution < -0.4 is 9.46 Å². The van der Waals surface area contributed by atoms with Crippen molar-refractivity contribution >= 4 is 16.0 Å². The minimum atomic E-state index is -3.48. The summed E-state index contributed by atoms with van der Waals surface area (Å²) in [7, 11) is -2.19. The topological polar surface area (TPSA) is 81.7 Å². The molecule has 2 aromatic rings. The monoisotopic (exact) mass is 363 g/mol. The van der Waals surface area contributed by atoms with Crippen LogP contribution in [0, 0.1) is 6.92 Å². The van der Waals surface area contributed by atoms with Gasteiger partial charge in [-0.05, 0) is 36.2 Å². The molecule has 0 aliphatic carbocycles. The Kier molecular flexibility index (Phi) is 6.55. The molecule has 6 nitrogen and oxygen atoms in total. The summed E-state index contributed by atoms with van der Waals surface area (Å²) in [6, 6.07) is 13.8. The summed E-state index contributed by atoms with van der Waals surface area (Å²) in [4.78, 5) is 11.4. The van der Waals surface area contributed by atoms with Crippen LogP contribution in [0.3, 0.4) is 0 Å². The van der Waals surface area contributed by atoms with Crippen molar-refractivity contribution in [3.63, 3.8) is 0 Å². The van der Waals surface area contributed by atoms with Crippen LogP contribution in [0.25, 0.3) is 0 Å². The summed E-state index contributed by atoms with van der Waals surface area (Å²) >= 11 is 0. The molecule has 0 aromatic heterocycles. The number of rotatable bonds is 8. The summed E-state index contributed by atoms with van der Waals surface area (Å²) in [6.07, 6.45) is 0. The first-order valence-electron chi connectivity index (χ1n) is 7.74. The van der Waals surface area contributed by atoms with E-state index >= 15 is 0 Å². The van der Waals surface area contributed by atoms with Crippen LogP contribution in [-0.2, 0) is 20.5 Å². The van der Waals surface area contributed by atoms with Crippen molar-refractivity contribution in [1.29, 1.82) is 0 Å². The number of ether oxygens (including phenoxy) is 2. The lowest BCUT2D eigenvalue weighted by Gasteiger charge is -2.10. The van der Waals surface area contributed by atoms with Crippen molar-refractivity contribution < 1.29 is 22.7 Å². The third-order valence-corrected chi connectivity index (χ3v) is 4.86. The molecule has 0 heterocycles. The summed E-state index contributed by atoms with van der Waals surface area (Å²) in [6.45, 7) is 2.35. The Morgan fingerprint density at radius 2 is 1.76 bits per heavy atom. The first-order valence-corrected chi connectivity index (χ1v) is 9.39. The summed E-state index contributed by atoms with van der Waals surface area (Å²) in [5.74, 6) is 0.111. The number of para-hydroxylation sites is 1. The van der Waals surface area contributed by atoms with Gasteiger partial charge in [-0.3, -0.25) is 0 Å². The van der Waals surface area contributed by atoms with Gasteiger partial charge >= 0.3 is 5.97 Å². The fraction of sp³-hybridized carbons (Fsp3) is 0.278. The SMILES string of the molecule is COC(=O)c1ccc(CS(=O)(=O)NCCOc2ccccc2C)cc1. The van der Waals surface area contributed by atoms with E-state index in [0.29, 0.717) is 11.1 Å². The molecule has 0 atom stereocenters. The molecule has 0 bridgehead atoms. The fourth-order valence-electron chi connectivity index (χ4n) is 2.20. The zero-order valence-corrected chi connectivity index (χ0v) is 15.0. The summed E-state index contributed by atoms with van der Waals surface area (Å²) in [5.41, 5.74) is 1.96. The van der Waals surface area contributed by atoms with Crippen molar-refractivity contribution in [1.82, 2.24) is 4.72 Å². The highest BCUT2D eigenvalue weighted by atomic mass is 32.2. The van der Waals surface area contributed by atoms with Gasteiger partial charge < -0.3 is 9.47 Å². The lowest BCUT2D eigenvalue weighted by Crippen LogP contribution is -2.29. The molecule has 0 spiro atoms. The van der Waals surface area contributed by atoms with Gasteiger partial charge in [-0.25, -0.2) is 17.9 Å². The van der Waals surface area contributed by atoms with Crippen molar-refractivity contribution in [2.24, 2.45) is 0 Å². The molecule has 0 unspecified atom stereocenters. The van der Waals surface area contributed by atoms with E-state index in [0.717, 1.165) is 11.3 Å². The van der Waals surface area contributed by atoms with E-state index in [1.807, 2.05) is 31.2 Å². The number of carbonyl (C=O) groups is 1. The smallest absolute Gasteiger partial charge is 0.337 e. The molecule has 2 aromatic carbocycles. The molecule has 1 N–H and O–H groups in total. The van der Waals surface area contributed by atoms with E-state index in [9.17, 15) is 13.2 Å². The number of esters is 1. The molecule has 134 valence electrons. The molecule has 0 saturated heterocycles. The average Bonchev–Trinajstić information content (AvgIpc) is 2.60. The molecule has 2 rings (SSSR count). The van der Waals surface area contributed by atoms with Crippen LogP contribution in [0.1, 0.15) is 21.5 Å². The zero-order chi connectivity index (χ0) is 18.3. The Morgan fingerprint density at radius 1 is 1.08 bits per heavy atom. The number of hydrogen-bond donors (Lipinski definition) is 1. The van der Waals surface area contributed by atoms with Crippen molar-refractivity contribution in [3.05, 3.63) is 65.2 Å². The molecule has 0 fully saturated rings. The van der Waals surface area contributed by atoms with Gasteiger partial charge in [0.05, 0.1) is 18.4 Å². The molecular formula is C18H21NO5S. The molecule has 7 heteroatoms. The lowest BCUT2D eigenvalue weighted by atomic mass is 10.1. The van der Waals surface area contributed by atoms with Gasteiger partial charge in [0, 0.05) is 6.54 Å². The Balaban J connectivity index is 1.83. The largest absolute Gasteiger partial charge is 0.492 e. The predicted octanol–water partition coefficient (Wildman–Crippen LogP) is 2.28. The minimum Gasteiger partial charge on any atom is -0.492 e. The highest BCUT2D eigenvalue weighted by Crippen LogP contribution is 2.15. The van der Waals surface area contributed by atoms with Gasteiger partial charge in [0.15, 0.2) is 0 Å². The number of sulfonamides is 1. The second-order valence-corrected chi connectivity index (χ2v) is 7.26. The maximum Gasteiger partial charge on any atom is 0.337 e. The first kappa shape index (κ1) is 19.0. The van der Waals surface area contributed by atoms with E-state index in [1.165, 1.54) is 19.2 Å². The Hall–Kier alpha value is -2.38. The van der Waals surface area contributed by atoms with Crippen molar-refractivity contribution in [3.8, 4) is 5.75 Å². The fourth-order valence-corrected chi connectivity index (χ4v) is 3.33.